The maximum Gasteiger partial charge on any atom is 0.0157 e. The molecule has 2 aromatic carbocycles. The Labute approximate surface area is 159 Å². The Morgan fingerprint density at radius 1 is 0.640 bits per heavy atom. The quantitative estimate of drug-likeness (QED) is 0.467. The first-order valence-electron chi connectivity index (χ1n) is 9.85. The van der Waals surface area contributed by atoms with Crippen molar-refractivity contribution in [3.05, 3.63) is 57.6 Å². The molecule has 0 saturated heterocycles. The Morgan fingerprint density at radius 2 is 1.04 bits per heavy atom. The standard InChI is InChI=1S/C24H34S/c1-7-9-11-21-19(5)17(3)13-15-23(21)25-24-16-14-18(4)20(6)22(24)12-10-8-2/h13-16H,7-12H2,1-6H3. The minimum absolute atomic E-state index is 1.20. The van der Waals surface area contributed by atoms with Crippen LogP contribution in [0.4, 0.5) is 0 Å². The smallest absolute Gasteiger partial charge is 0.0157 e. The number of hydrogen-bond donors (Lipinski definition) is 0. The lowest BCUT2D eigenvalue weighted by Crippen LogP contribution is -1.99. The van der Waals surface area contributed by atoms with E-state index in [0.29, 0.717) is 0 Å². The lowest BCUT2D eigenvalue weighted by molar-refractivity contribution is 0.776. The molecular weight excluding hydrogens is 320 g/mol. The molecule has 0 aliphatic carbocycles. The van der Waals surface area contributed by atoms with Crippen LogP contribution in [0.2, 0.25) is 0 Å². The van der Waals surface area contributed by atoms with Crippen LogP contribution >= 0.6 is 11.8 Å². The number of unbranched alkanes of at least 4 members (excludes halogenated alkanes) is 2. The normalized spacial score (nSPS) is 11.1. The van der Waals surface area contributed by atoms with Crippen LogP contribution in [0.15, 0.2) is 34.1 Å². The van der Waals surface area contributed by atoms with E-state index in [9.17, 15) is 0 Å². The molecule has 0 nitrogen and oxygen atoms in total. The van der Waals surface area contributed by atoms with Crippen molar-refractivity contribution in [2.75, 3.05) is 0 Å². The van der Waals surface area contributed by atoms with Gasteiger partial charge in [0.15, 0.2) is 0 Å². The molecule has 25 heavy (non-hydrogen) atoms. The maximum absolute atomic E-state index is 2.34. The van der Waals surface area contributed by atoms with Gasteiger partial charge in [-0.1, -0.05) is 50.6 Å². The topological polar surface area (TPSA) is 0 Å². The second-order valence-corrected chi connectivity index (χ2v) is 8.36. The maximum atomic E-state index is 2.34. The molecule has 0 bridgehead atoms. The molecule has 0 spiro atoms. The Balaban J connectivity index is 2.42. The summed E-state index contributed by atoms with van der Waals surface area (Å²) in [6.07, 6.45) is 7.44. The Morgan fingerprint density at radius 3 is 1.40 bits per heavy atom. The van der Waals surface area contributed by atoms with Gasteiger partial charge in [-0.25, -0.2) is 0 Å². The van der Waals surface area contributed by atoms with Crippen molar-refractivity contribution in [1.82, 2.24) is 0 Å². The van der Waals surface area contributed by atoms with Gasteiger partial charge in [-0.2, -0.15) is 0 Å². The highest BCUT2D eigenvalue weighted by Gasteiger charge is 2.13. The van der Waals surface area contributed by atoms with Crippen molar-refractivity contribution in [3.63, 3.8) is 0 Å². The lowest BCUT2D eigenvalue weighted by Gasteiger charge is -2.18. The van der Waals surface area contributed by atoms with Crippen LogP contribution in [-0.2, 0) is 12.8 Å². The zero-order valence-electron chi connectivity index (χ0n) is 17.0. The predicted molar refractivity (Wildman–Crippen MR) is 113 cm³/mol. The van der Waals surface area contributed by atoms with Crippen molar-refractivity contribution in [2.24, 2.45) is 0 Å². The fraction of sp³-hybridized carbons (Fsp3) is 0.500. The molecule has 136 valence electrons. The van der Waals surface area contributed by atoms with E-state index in [0.717, 1.165) is 0 Å². The summed E-state index contributed by atoms with van der Waals surface area (Å²) in [6, 6.07) is 9.27. The number of rotatable bonds is 8. The Bertz CT molecular complexity index is 651. The zero-order valence-corrected chi connectivity index (χ0v) is 17.8. The third kappa shape index (κ3) is 4.91. The predicted octanol–water partition coefficient (Wildman–Crippen LogP) is 7.76. The van der Waals surface area contributed by atoms with Gasteiger partial charge >= 0.3 is 0 Å². The van der Waals surface area contributed by atoms with Gasteiger partial charge in [0, 0.05) is 9.79 Å². The van der Waals surface area contributed by atoms with Gasteiger partial charge in [-0.3, -0.25) is 0 Å². The van der Waals surface area contributed by atoms with Crippen molar-refractivity contribution in [1.29, 1.82) is 0 Å². The molecule has 0 saturated carbocycles. The first-order chi connectivity index (χ1) is 12.0. The van der Waals surface area contributed by atoms with E-state index in [2.05, 4.69) is 65.8 Å². The highest BCUT2D eigenvalue weighted by atomic mass is 32.2. The highest BCUT2D eigenvalue weighted by Crippen LogP contribution is 2.37. The molecule has 0 unspecified atom stereocenters. The lowest BCUT2D eigenvalue weighted by atomic mass is 9.99. The molecule has 2 aromatic rings. The average molecular weight is 355 g/mol. The summed E-state index contributed by atoms with van der Waals surface area (Å²) in [6.45, 7) is 13.6. The second-order valence-electron chi connectivity index (χ2n) is 7.28. The first-order valence-corrected chi connectivity index (χ1v) is 10.7. The van der Waals surface area contributed by atoms with E-state index >= 15 is 0 Å². The third-order valence-electron chi connectivity index (χ3n) is 5.43. The van der Waals surface area contributed by atoms with Gasteiger partial charge in [-0.05, 0) is 98.9 Å². The molecule has 0 amide bonds. The molecule has 0 aliphatic heterocycles. The molecule has 0 atom stereocenters. The van der Waals surface area contributed by atoms with Gasteiger partial charge in [0.25, 0.3) is 0 Å². The average Bonchev–Trinajstić information content (AvgIpc) is 2.60. The Hall–Kier alpha value is -1.21. The number of benzene rings is 2. The molecular formula is C24H34S. The largest absolute Gasteiger partial charge is 0.0895 e. The fourth-order valence-corrected chi connectivity index (χ4v) is 4.60. The molecule has 2 rings (SSSR count). The number of aryl methyl sites for hydroxylation is 2. The van der Waals surface area contributed by atoms with Crippen molar-refractivity contribution < 1.29 is 0 Å². The minimum atomic E-state index is 1.20. The fourth-order valence-electron chi connectivity index (χ4n) is 3.34. The summed E-state index contributed by atoms with van der Waals surface area (Å²) in [7, 11) is 0. The van der Waals surface area contributed by atoms with Crippen LogP contribution in [0.3, 0.4) is 0 Å². The van der Waals surface area contributed by atoms with E-state index in [1.54, 1.807) is 11.1 Å². The highest BCUT2D eigenvalue weighted by molar-refractivity contribution is 7.99. The van der Waals surface area contributed by atoms with Crippen LogP contribution in [0, 0.1) is 27.7 Å². The summed E-state index contributed by atoms with van der Waals surface area (Å²) in [5, 5.41) is 0. The van der Waals surface area contributed by atoms with E-state index in [1.165, 1.54) is 70.6 Å². The van der Waals surface area contributed by atoms with Crippen LogP contribution in [0.1, 0.15) is 72.9 Å². The van der Waals surface area contributed by atoms with E-state index in [-0.39, 0.29) is 0 Å². The summed E-state index contributed by atoms with van der Waals surface area (Å²) in [4.78, 5) is 2.91. The van der Waals surface area contributed by atoms with Crippen molar-refractivity contribution in [3.8, 4) is 0 Å². The SMILES string of the molecule is CCCCc1c(Sc2ccc(C)c(C)c2CCCC)ccc(C)c1C. The first kappa shape index (κ1) is 20.1. The van der Waals surface area contributed by atoms with Crippen LogP contribution < -0.4 is 0 Å². The zero-order chi connectivity index (χ0) is 18.4. The minimum Gasteiger partial charge on any atom is -0.0895 e. The molecule has 0 heterocycles. The molecule has 0 radical (unpaired) electrons. The van der Waals surface area contributed by atoms with Gasteiger partial charge in [-0.15, -0.1) is 0 Å². The van der Waals surface area contributed by atoms with Gasteiger partial charge in [0.05, 0.1) is 0 Å². The summed E-state index contributed by atoms with van der Waals surface area (Å²) < 4.78 is 0. The van der Waals surface area contributed by atoms with Crippen LogP contribution in [0.5, 0.6) is 0 Å². The van der Waals surface area contributed by atoms with E-state index in [4.69, 9.17) is 0 Å². The molecule has 0 aromatic heterocycles. The second kappa shape index (κ2) is 9.48. The van der Waals surface area contributed by atoms with E-state index < -0.39 is 0 Å². The number of hydrogen-bond acceptors (Lipinski definition) is 1. The van der Waals surface area contributed by atoms with Crippen molar-refractivity contribution >= 4 is 11.8 Å². The molecule has 0 N–H and O–H groups in total. The Kier molecular flexibility index (Phi) is 7.62. The van der Waals surface area contributed by atoms with Gasteiger partial charge in [0.1, 0.15) is 0 Å². The summed E-state index contributed by atoms with van der Waals surface area (Å²) in [5.74, 6) is 0. The molecule has 1 heteroatoms. The molecule has 0 aliphatic rings. The van der Waals surface area contributed by atoms with Gasteiger partial charge < -0.3 is 0 Å². The third-order valence-corrected chi connectivity index (χ3v) is 6.64. The molecule has 0 fully saturated rings. The van der Waals surface area contributed by atoms with Crippen LogP contribution in [-0.4, -0.2) is 0 Å². The monoisotopic (exact) mass is 354 g/mol. The summed E-state index contributed by atoms with van der Waals surface area (Å²) >= 11 is 1.99. The van der Waals surface area contributed by atoms with E-state index in [1.807, 2.05) is 11.8 Å². The van der Waals surface area contributed by atoms with Crippen molar-refractivity contribution in [2.45, 2.75) is 89.9 Å². The summed E-state index contributed by atoms with van der Waals surface area (Å²) in [5.41, 5.74) is 8.93. The van der Waals surface area contributed by atoms with Gasteiger partial charge in [0.2, 0.25) is 0 Å². The van der Waals surface area contributed by atoms with Crippen LogP contribution in [0.25, 0.3) is 0 Å².